The van der Waals surface area contributed by atoms with Crippen molar-refractivity contribution < 1.29 is 14.3 Å². The fourth-order valence-corrected chi connectivity index (χ4v) is 1.91. The van der Waals surface area contributed by atoms with Gasteiger partial charge in [-0.3, -0.25) is 10.7 Å². The number of rotatable bonds is 4. The zero-order chi connectivity index (χ0) is 15.9. The number of amidine groups is 1. The lowest BCUT2D eigenvalue weighted by atomic mass is 10.1. The zero-order valence-electron chi connectivity index (χ0n) is 12.6. The molecule has 0 unspecified atom stereocenters. The van der Waals surface area contributed by atoms with Crippen molar-refractivity contribution in [3.8, 4) is 5.75 Å². The van der Waals surface area contributed by atoms with Crippen LogP contribution in [0.4, 0.5) is 4.79 Å². The molecule has 0 saturated carbocycles. The van der Waals surface area contributed by atoms with E-state index >= 15 is 0 Å². The smallest absolute Gasteiger partial charge is 0.413 e. The van der Waals surface area contributed by atoms with E-state index in [4.69, 9.17) is 14.9 Å². The minimum atomic E-state index is -0.659. The summed E-state index contributed by atoms with van der Waals surface area (Å²) in [6, 6.07) is 14.7. The monoisotopic (exact) mass is 298 g/mol. The van der Waals surface area contributed by atoms with Crippen LogP contribution in [0.15, 0.2) is 48.5 Å². The van der Waals surface area contributed by atoms with Crippen molar-refractivity contribution in [2.24, 2.45) is 0 Å². The summed E-state index contributed by atoms with van der Waals surface area (Å²) in [4.78, 5) is 11.7. The van der Waals surface area contributed by atoms with Crippen LogP contribution < -0.4 is 10.1 Å². The van der Waals surface area contributed by atoms with Gasteiger partial charge in [-0.05, 0) is 24.1 Å². The largest absolute Gasteiger partial charge is 0.496 e. The van der Waals surface area contributed by atoms with Crippen molar-refractivity contribution >= 4 is 11.9 Å². The Morgan fingerprint density at radius 1 is 1.18 bits per heavy atom. The van der Waals surface area contributed by atoms with Crippen molar-refractivity contribution in [3.63, 3.8) is 0 Å². The number of hydrogen-bond acceptors (Lipinski definition) is 4. The molecule has 2 aromatic rings. The van der Waals surface area contributed by atoms with Crippen LogP contribution in [0.1, 0.15) is 16.7 Å². The van der Waals surface area contributed by atoms with E-state index in [2.05, 4.69) is 5.32 Å². The average molecular weight is 298 g/mol. The van der Waals surface area contributed by atoms with Crippen LogP contribution >= 0.6 is 0 Å². The molecule has 0 atom stereocenters. The minimum Gasteiger partial charge on any atom is -0.496 e. The number of carbonyl (C=O) groups is 1. The van der Waals surface area contributed by atoms with Gasteiger partial charge in [0.15, 0.2) is 0 Å². The van der Waals surface area contributed by atoms with Crippen molar-refractivity contribution in [2.45, 2.75) is 13.5 Å². The molecule has 0 aromatic heterocycles. The minimum absolute atomic E-state index is 0.0311. The summed E-state index contributed by atoms with van der Waals surface area (Å²) in [5, 5.41) is 10.3. The van der Waals surface area contributed by atoms with Gasteiger partial charge >= 0.3 is 6.09 Å². The maximum absolute atomic E-state index is 11.7. The molecule has 5 heteroatoms. The van der Waals surface area contributed by atoms with Gasteiger partial charge in [0.05, 0.1) is 7.11 Å². The molecule has 0 radical (unpaired) electrons. The Balaban J connectivity index is 1.92. The summed E-state index contributed by atoms with van der Waals surface area (Å²) in [5.74, 6) is 0.637. The fourth-order valence-electron chi connectivity index (χ4n) is 1.91. The molecule has 0 fully saturated rings. The van der Waals surface area contributed by atoms with Crippen LogP contribution in [0, 0.1) is 12.3 Å². The van der Waals surface area contributed by atoms with Crippen molar-refractivity contribution in [3.05, 3.63) is 65.2 Å². The van der Waals surface area contributed by atoms with Crippen molar-refractivity contribution in [1.29, 1.82) is 5.41 Å². The highest BCUT2D eigenvalue weighted by atomic mass is 16.5. The van der Waals surface area contributed by atoms with Gasteiger partial charge in [0.2, 0.25) is 0 Å². The lowest BCUT2D eigenvalue weighted by Gasteiger charge is -2.10. The lowest BCUT2D eigenvalue weighted by Crippen LogP contribution is -2.31. The van der Waals surface area contributed by atoms with Crippen LogP contribution in [0.2, 0.25) is 0 Å². The normalized spacial score (nSPS) is 9.91. The topological polar surface area (TPSA) is 71.4 Å². The van der Waals surface area contributed by atoms with Gasteiger partial charge in [0.1, 0.15) is 18.2 Å². The van der Waals surface area contributed by atoms with Crippen molar-refractivity contribution in [2.75, 3.05) is 7.11 Å². The Hall–Kier alpha value is -2.82. The molecular weight excluding hydrogens is 280 g/mol. The second kappa shape index (κ2) is 7.26. The average Bonchev–Trinajstić information content (AvgIpc) is 2.54. The first kappa shape index (κ1) is 15.6. The first-order valence-electron chi connectivity index (χ1n) is 6.81. The highest BCUT2D eigenvalue weighted by Gasteiger charge is 2.10. The maximum atomic E-state index is 11.7. The summed E-state index contributed by atoms with van der Waals surface area (Å²) in [5.41, 5.74) is 2.41. The second-order valence-corrected chi connectivity index (χ2v) is 4.75. The molecule has 0 spiro atoms. The van der Waals surface area contributed by atoms with Gasteiger partial charge in [0, 0.05) is 5.56 Å². The van der Waals surface area contributed by atoms with E-state index in [0.29, 0.717) is 11.3 Å². The fraction of sp³-hybridized carbons (Fsp3) is 0.176. The van der Waals surface area contributed by atoms with E-state index in [9.17, 15) is 4.79 Å². The molecule has 22 heavy (non-hydrogen) atoms. The molecule has 0 saturated heterocycles. The highest BCUT2D eigenvalue weighted by Crippen LogP contribution is 2.18. The second-order valence-electron chi connectivity index (χ2n) is 4.75. The molecule has 114 valence electrons. The Morgan fingerprint density at radius 2 is 1.91 bits per heavy atom. The number of carbonyl (C=O) groups excluding carboxylic acids is 1. The van der Waals surface area contributed by atoms with E-state index < -0.39 is 6.09 Å². The van der Waals surface area contributed by atoms with Crippen LogP contribution in [-0.4, -0.2) is 19.0 Å². The number of nitrogens with one attached hydrogen (secondary N) is 2. The Morgan fingerprint density at radius 3 is 2.59 bits per heavy atom. The van der Waals surface area contributed by atoms with Gasteiger partial charge < -0.3 is 9.47 Å². The summed E-state index contributed by atoms with van der Waals surface area (Å²) in [7, 11) is 1.57. The Labute approximate surface area is 129 Å². The summed E-state index contributed by atoms with van der Waals surface area (Å²) in [6.45, 7) is 2.07. The quantitative estimate of drug-likeness (QED) is 0.672. The summed E-state index contributed by atoms with van der Waals surface area (Å²) < 4.78 is 10.3. The van der Waals surface area contributed by atoms with Crippen LogP contribution in [-0.2, 0) is 11.3 Å². The standard InChI is InChI=1S/C17H18N2O3/c1-12-8-9-14(10-15(12)21-2)16(18)19-17(20)22-11-13-6-4-3-5-7-13/h3-10H,11H2,1-2H3,(H2,18,19,20). The molecule has 0 aliphatic heterocycles. The molecule has 0 aliphatic carbocycles. The first-order chi connectivity index (χ1) is 10.6. The Bertz CT molecular complexity index is 669. The molecule has 2 N–H and O–H groups in total. The molecule has 0 aliphatic rings. The molecule has 5 nitrogen and oxygen atoms in total. The zero-order valence-corrected chi connectivity index (χ0v) is 12.6. The molecule has 0 bridgehead atoms. The number of methoxy groups -OCH3 is 1. The molecule has 0 heterocycles. The molecule has 1 amide bonds. The van der Waals surface area contributed by atoms with Crippen molar-refractivity contribution in [1.82, 2.24) is 5.32 Å². The van der Waals surface area contributed by atoms with E-state index in [1.54, 1.807) is 19.2 Å². The number of alkyl carbamates (subject to hydrolysis) is 1. The van der Waals surface area contributed by atoms with E-state index in [0.717, 1.165) is 11.1 Å². The first-order valence-corrected chi connectivity index (χ1v) is 6.81. The van der Waals surface area contributed by atoms with Gasteiger partial charge in [-0.2, -0.15) is 0 Å². The predicted molar refractivity (Wildman–Crippen MR) is 84.3 cm³/mol. The third-order valence-corrected chi connectivity index (χ3v) is 3.14. The molecular formula is C17H18N2O3. The maximum Gasteiger partial charge on any atom is 0.413 e. The number of hydrogen-bond donors (Lipinski definition) is 2. The number of ether oxygens (including phenoxy) is 2. The Kier molecular flexibility index (Phi) is 5.14. The number of aryl methyl sites for hydroxylation is 1. The van der Waals surface area contributed by atoms with E-state index in [-0.39, 0.29) is 12.4 Å². The van der Waals surface area contributed by atoms with Crippen LogP contribution in [0.25, 0.3) is 0 Å². The third-order valence-electron chi connectivity index (χ3n) is 3.14. The number of amides is 1. The SMILES string of the molecule is COc1cc(C(=N)NC(=O)OCc2ccccc2)ccc1C. The van der Waals surface area contributed by atoms with E-state index in [1.807, 2.05) is 43.3 Å². The lowest BCUT2D eigenvalue weighted by molar-refractivity contribution is 0.145. The molecule has 2 rings (SSSR count). The van der Waals surface area contributed by atoms with Gasteiger partial charge in [-0.1, -0.05) is 42.5 Å². The summed E-state index contributed by atoms with van der Waals surface area (Å²) in [6.07, 6.45) is -0.659. The third kappa shape index (κ3) is 4.09. The summed E-state index contributed by atoms with van der Waals surface area (Å²) >= 11 is 0. The van der Waals surface area contributed by atoms with Crippen LogP contribution in [0.5, 0.6) is 5.75 Å². The van der Waals surface area contributed by atoms with E-state index in [1.165, 1.54) is 0 Å². The van der Waals surface area contributed by atoms with Crippen LogP contribution in [0.3, 0.4) is 0 Å². The predicted octanol–water partition coefficient (Wildman–Crippen LogP) is 3.26. The highest BCUT2D eigenvalue weighted by molar-refractivity contribution is 6.04. The van der Waals surface area contributed by atoms with Gasteiger partial charge in [-0.15, -0.1) is 0 Å². The van der Waals surface area contributed by atoms with Gasteiger partial charge in [-0.25, -0.2) is 4.79 Å². The molecule has 2 aromatic carbocycles. The van der Waals surface area contributed by atoms with Gasteiger partial charge in [0.25, 0.3) is 0 Å². The number of benzene rings is 2.